The van der Waals surface area contributed by atoms with E-state index in [1.807, 2.05) is 4.90 Å². The molecule has 1 aliphatic heterocycles. The maximum Gasteiger partial charge on any atom is 0.237 e. The molecule has 0 aromatic carbocycles. The van der Waals surface area contributed by atoms with Crippen molar-refractivity contribution in [3.8, 4) is 0 Å². The molecule has 0 unspecified atom stereocenters. The summed E-state index contributed by atoms with van der Waals surface area (Å²) < 4.78 is 0. The third-order valence-electron chi connectivity index (χ3n) is 3.61. The molecule has 0 aromatic heterocycles. The van der Waals surface area contributed by atoms with Crippen molar-refractivity contribution in [2.75, 3.05) is 19.6 Å². The Morgan fingerprint density at radius 2 is 2.07 bits per heavy atom. The van der Waals surface area contributed by atoms with Crippen molar-refractivity contribution in [1.29, 1.82) is 0 Å². The number of hydrogen-bond donors (Lipinski definition) is 0. The van der Waals surface area contributed by atoms with Gasteiger partial charge in [-0.3, -0.25) is 9.69 Å². The van der Waals surface area contributed by atoms with Gasteiger partial charge >= 0.3 is 0 Å². The minimum Gasteiger partial charge on any atom is -0.337 e. The predicted octanol–water partition coefficient (Wildman–Crippen LogP) is 1.09. The molecule has 0 N–H and O–H groups in total. The van der Waals surface area contributed by atoms with Gasteiger partial charge in [0.15, 0.2) is 0 Å². The molecule has 80 valence electrons. The molecule has 1 heterocycles. The van der Waals surface area contributed by atoms with Crippen LogP contribution in [0.3, 0.4) is 0 Å². The quantitative estimate of drug-likeness (QED) is 0.660. The smallest absolute Gasteiger partial charge is 0.237 e. The van der Waals surface area contributed by atoms with E-state index < -0.39 is 0 Å². The second-order valence-corrected chi connectivity index (χ2v) is 4.85. The number of amides is 1. The zero-order valence-electron chi connectivity index (χ0n) is 9.42. The Hall–Kier alpha value is -0.570. The van der Waals surface area contributed by atoms with E-state index in [1.54, 1.807) is 0 Å². The van der Waals surface area contributed by atoms with Gasteiger partial charge in [0.2, 0.25) is 5.91 Å². The van der Waals surface area contributed by atoms with Crippen molar-refractivity contribution < 1.29 is 4.79 Å². The maximum absolute atomic E-state index is 11.8. The first-order valence-corrected chi connectivity index (χ1v) is 5.63. The summed E-state index contributed by atoms with van der Waals surface area (Å²) in [6.45, 7) is 8.97. The third-order valence-corrected chi connectivity index (χ3v) is 3.61. The summed E-state index contributed by atoms with van der Waals surface area (Å²) in [5, 5.41) is 0. The minimum absolute atomic E-state index is 0.305. The van der Waals surface area contributed by atoms with Crippen LogP contribution < -0.4 is 0 Å². The number of nitrogens with zero attached hydrogens (tertiary/aromatic N) is 2. The summed E-state index contributed by atoms with van der Waals surface area (Å²) in [7, 11) is 0. The fraction of sp³-hybridized carbons (Fsp3) is 0.909. The van der Waals surface area contributed by atoms with Crippen molar-refractivity contribution in [2.45, 2.75) is 45.2 Å². The van der Waals surface area contributed by atoms with Crippen LogP contribution in [0.1, 0.15) is 33.6 Å². The first-order chi connectivity index (χ1) is 6.59. The van der Waals surface area contributed by atoms with Crippen molar-refractivity contribution >= 4 is 5.91 Å². The Morgan fingerprint density at radius 3 is 2.50 bits per heavy atom. The summed E-state index contributed by atoms with van der Waals surface area (Å²) in [4.78, 5) is 16.2. The van der Waals surface area contributed by atoms with Crippen LogP contribution in [0.2, 0.25) is 0 Å². The van der Waals surface area contributed by atoms with Gasteiger partial charge in [0.25, 0.3) is 0 Å². The molecule has 3 nitrogen and oxygen atoms in total. The molecule has 2 fully saturated rings. The van der Waals surface area contributed by atoms with Gasteiger partial charge in [-0.1, -0.05) is 6.92 Å². The van der Waals surface area contributed by atoms with E-state index in [2.05, 4.69) is 25.7 Å². The van der Waals surface area contributed by atoms with Crippen LogP contribution in [0, 0.1) is 0 Å². The number of carbonyl (C=O) groups is 1. The SMILES string of the molecule is CCN1CC(=O)N(C(C)C)CC12CC2. The van der Waals surface area contributed by atoms with Crippen molar-refractivity contribution in [3.05, 3.63) is 0 Å². The predicted molar refractivity (Wildman–Crippen MR) is 56.1 cm³/mol. The van der Waals surface area contributed by atoms with E-state index in [9.17, 15) is 4.79 Å². The summed E-state index contributed by atoms with van der Waals surface area (Å²) in [6.07, 6.45) is 2.55. The zero-order valence-corrected chi connectivity index (χ0v) is 9.42. The van der Waals surface area contributed by atoms with Gasteiger partial charge < -0.3 is 4.90 Å². The standard InChI is InChI=1S/C11H20N2O/c1-4-12-7-10(14)13(9(2)3)8-11(12)5-6-11/h9H,4-8H2,1-3H3. The van der Waals surface area contributed by atoms with E-state index in [0.29, 0.717) is 24.0 Å². The first-order valence-electron chi connectivity index (χ1n) is 5.63. The normalized spacial score (nSPS) is 26.3. The lowest BCUT2D eigenvalue weighted by molar-refractivity contribution is -0.141. The number of rotatable bonds is 2. The number of piperazine rings is 1. The molecule has 1 saturated heterocycles. The topological polar surface area (TPSA) is 23.6 Å². The molecule has 1 amide bonds. The van der Waals surface area contributed by atoms with E-state index in [4.69, 9.17) is 0 Å². The van der Waals surface area contributed by atoms with Crippen LogP contribution in [0.15, 0.2) is 0 Å². The molecule has 14 heavy (non-hydrogen) atoms. The van der Waals surface area contributed by atoms with Crippen LogP contribution in [0.25, 0.3) is 0 Å². The van der Waals surface area contributed by atoms with Gasteiger partial charge in [-0.25, -0.2) is 0 Å². The molecule has 2 aliphatic rings. The van der Waals surface area contributed by atoms with Crippen LogP contribution >= 0.6 is 0 Å². The van der Waals surface area contributed by atoms with Crippen molar-refractivity contribution in [2.24, 2.45) is 0 Å². The summed E-state index contributed by atoms with van der Waals surface area (Å²) in [6, 6.07) is 0.360. The lowest BCUT2D eigenvalue weighted by Crippen LogP contribution is -2.59. The first kappa shape index (κ1) is 9.97. The Kier molecular flexibility index (Phi) is 2.30. The molecular formula is C11H20N2O. The molecule has 1 saturated carbocycles. The number of carbonyl (C=O) groups excluding carboxylic acids is 1. The molecule has 2 rings (SSSR count). The van der Waals surface area contributed by atoms with E-state index >= 15 is 0 Å². The largest absolute Gasteiger partial charge is 0.337 e. The van der Waals surface area contributed by atoms with E-state index in [1.165, 1.54) is 12.8 Å². The van der Waals surface area contributed by atoms with Crippen LogP contribution in [-0.2, 0) is 4.79 Å². The van der Waals surface area contributed by atoms with E-state index in [0.717, 1.165) is 13.1 Å². The average molecular weight is 196 g/mol. The molecular weight excluding hydrogens is 176 g/mol. The lowest BCUT2D eigenvalue weighted by atomic mass is 10.1. The summed E-state index contributed by atoms with van der Waals surface area (Å²) >= 11 is 0. The highest BCUT2D eigenvalue weighted by atomic mass is 16.2. The molecule has 3 heteroatoms. The fourth-order valence-electron chi connectivity index (χ4n) is 2.46. The molecule has 0 aromatic rings. The highest BCUT2D eigenvalue weighted by molar-refractivity contribution is 5.80. The van der Waals surface area contributed by atoms with Crippen LogP contribution in [-0.4, -0.2) is 46.9 Å². The molecule has 0 radical (unpaired) electrons. The summed E-state index contributed by atoms with van der Waals surface area (Å²) in [5.74, 6) is 0.305. The van der Waals surface area contributed by atoms with Gasteiger partial charge in [0.1, 0.15) is 0 Å². The van der Waals surface area contributed by atoms with Gasteiger partial charge in [0, 0.05) is 18.1 Å². The molecule has 0 bridgehead atoms. The second kappa shape index (κ2) is 3.23. The molecule has 0 atom stereocenters. The van der Waals surface area contributed by atoms with Gasteiger partial charge in [-0.15, -0.1) is 0 Å². The minimum atomic E-state index is 0.305. The highest BCUT2D eigenvalue weighted by Crippen LogP contribution is 2.44. The molecule has 1 aliphatic carbocycles. The average Bonchev–Trinajstić information content (AvgIpc) is 2.89. The van der Waals surface area contributed by atoms with Gasteiger partial charge in [-0.05, 0) is 33.2 Å². The lowest BCUT2D eigenvalue weighted by Gasteiger charge is -2.43. The van der Waals surface area contributed by atoms with Gasteiger partial charge in [-0.2, -0.15) is 0 Å². The Labute approximate surface area is 86.1 Å². The zero-order chi connectivity index (χ0) is 10.3. The van der Waals surface area contributed by atoms with Crippen LogP contribution in [0.5, 0.6) is 0 Å². The Morgan fingerprint density at radius 1 is 1.43 bits per heavy atom. The maximum atomic E-state index is 11.8. The van der Waals surface area contributed by atoms with E-state index in [-0.39, 0.29) is 0 Å². The number of likely N-dealkylation sites (N-methyl/N-ethyl adjacent to an activating group) is 1. The second-order valence-electron chi connectivity index (χ2n) is 4.85. The molecule has 1 spiro atoms. The van der Waals surface area contributed by atoms with Crippen molar-refractivity contribution in [3.63, 3.8) is 0 Å². The van der Waals surface area contributed by atoms with Crippen molar-refractivity contribution in [1.82, 2.24) is 9.80 Å². The Bertz CT molecular complexity index is 246. The summed E-state index contributed by atoms with van der Waals surface area (Å²) in [5.41, 5.74) is 0.368. The monoisotopic (exact) mass is 196 g/mol. The highest BCUT2D eigenvalue weighted by Gasteiger charge is 2.52. The van der Waals surface area contributed by atoms with Gasteiger partial charge in [0.05, 0.1) is 6.54 Å². The Balaban J connectivity index is 2.11. The third kappa shape index (κ3) is 1.44. The number of hydrogen-bond acceptors (Lipinski definition) is 2. The fourth-order valence-corrected chi connectivity index (χ4v) is 2.46. The van der Waals surface area contributed by atoms with Crippen LogP contribution in [0.4, 0.5) is 0 Å².